The van der Waals surface area contributed by atoms with Crippen LogP contribution in [0.25, 0.3) is 49.7 Å². The molecule has 1 heteroatoms. The molecule has 1 aromatic heterocycles. The topological polar surface area (TPSA) is 4.93 Å². The zero-order valence-electron chi connectivity index (χ0n) is 18.0. The molecular weight excluding hydrogens is 386 g/mol. The van der Waals surface area contributed by atoms with Crippen molar-refractivity contribution in [3.8, 4) is 27.9 Å². The second-order valence-electron chi connectivity index (χ2n) is 8.34. The molecule has 0 radical (unpaired) electrons. The first kappa shape index (κ1) is 18.7. The van der Waals surface area contributed by atoms with Gasteiger partial charge in [0.25, 0.3) is 0 Å². The highest BCUT2D eigenvalue weighted by Gasteiger charge is 2.17. The average Bonchev–Trinajstić information content (AvgIpc) is 3.19. The summed E-state index contributed by atoms with van der Waals surface area (Å²) >= 11 is 0. The van der Waals surface area contributed by atoms with Gasteiger partial charge < -0.3 is 4.57 Å². The number of fused-ring (bicyclic) bond motifs is 3. The fourth-order valence-electron chi connectivity index (χ4n) is 4.69. The second-order valence-corrected chi connectivity index (χ2v) is 8.34. The van der Waals surface area contributed by atoms with Gasteiger partial charge in [-0.2, -0.15) is 0 Å². The van der Waals surface area contributed by atoms with E-state index in [9.17, 15) is 0 Å². The van der Waals surface area contributed by atoms with Crippen LogP contribution in [-0.4, -0.2) is 4.57 Å². The van der Waals surface area contributed by atoms with Crippen LogP contribution >= 0.6 is 0 Å². The summed E-state index contributed by atoms with van der Waals surface area (Å²) in [5.74, 6) is 0. The summed E-state index contributed by atoms with van der Waals surface area (Å²) in [7, 11) is 0. The van der Waals surface area contributed by atoms with Crippen molar-refractivity contribution < 1.29 is 0 Å². The SMILES string of the molecule is Cc1ccc(-n2c3ccc(-c4ccccc4)cc3c3cccc(-c4ccccc4)c32)cc1. The van der Waals surface area contributed by atoms with E-state index in [2.05, 4.69) is 133 Å². The van der Waals surface area contributed by atoms with Crippen molar-refractivity contribution in [1.82, 2.24) is 4.57 Å². The van der Waals surface area contributed by atoms with Crippen molar-refractivity contribution in [3.05, 3.63) is 127 Å². The molecule has 0 saturated heterocycles. The van der Waals surface area contributed by atoms with Crippen LogP contribution < -0.4 is 0 Å². The highest BCUT2D eigenvalue weighted by atomic mass is 15.0. The van der Waals surface area contributed by atoms with Crippen molar-refractivity contribution >= 4 is 21.8 Å². The Morgan fingerprint density at radius 2 is 1.19 bits per heavy atom. The van der Waals surface area contributed by atoms with Crippen molar-refractivity contribution in [3.63, 3.8) is 0 Å². The molecule has 0 saturated carbocycles. The van der Waals surface area contributed by atoms with Crippen LogP contribution in [0, 0.1) is 6.92 Å². The molecule has 6 aromatic rings. The van der Waals surface area contributed by atoms with E-state index >= 15 is 0 Å². The van der Waals surface area contributed by atoms with Crippen LogP contribution in [-0.2, 0) is 0 Å². The van der Waals surface area contributed by atoms with E-state index in [0.29, 0.717) is 0 Å². The molecule has 5 aromatic carbocycles. The molecule has 0 aliphatic heterocycles. The predicted octanol–water partition coefficient (Wildman–Crippen LogP) is 8.43. The van der Waals surface area contributed by atoms with Gasteiger partial charge in [-0.3, -0.25) is 0 Å². The molecule has 0 spiro atoms. The third-order valence-electron chi connectivity index (χ3n) is 6.27. The van der Waals surface area contributed by atoms with Crippen LogP contribution in [0.5, 0.6) is 0 Å². The van der Waals surface area contributed by atoms with Gasteiger partial charge in [0.1, 0.15) is 0 Å². The predicted molar refractivity (Wildman–Crippen MR) is 136 cm³/mol. The quantitative estimate of drug-likeness (QED) is 0.276. The third kappa shape index (κ3) is 3.02. The first-order valence-corrected chi connectivity index (χ1v) is 11.0. The Bertz CT molecular complexity index is 1540. The lowest BCUT2D eigenvalue weighted by Crippen LogP contribution is -1.95. The zero-order valence-corrected chi connectivity index (χ0v) is 18.0. The Morgan fingerprint density at radius 1 is 0.500 bits per heavy atom. The normalized spacial score (nSPS) is 11.3. The molecule has 0 amide bonds. The van der Waals surface area contributed by atoms with Crippen molar-refractivity contribution in [2.45, 2.75) is 6.92 Å². The minimum absolute atomic E-state index is 1.19. The number of rotatable bonds is 3. The van der Waals surface area contributed by atoms with E-state index in [-0.39, 0.29) is 0 Å². The lowest BCUT2D eigenvalue weighted by molar-refractivity contribution is 1.18. The number of hydrogen-bond donors (Lipinski definition) is 0. The van der Waals surface area contributed by atoms with Gasteiger partial charge in [0.15, 0.2) is 0 Å². The van der Waals surface area contributed by atoms with Crippen LogP contribution in [0.15, 0.2) is 121 Å². The van der Waals surface area contributed by atoms with E-state index in [1.54, 1.807) is 0 Å². The molecule has 0 aliphatic rings. The fraction of sp³-hybridized carbons (Fsp3) is 0.0323. The monoisotopic (exact) mass is 409 g/mol. The van der Waals surface area contributed by atoms with E-state index in [0.717, 1.165) is 0 Å². The fourth-order valence-corrected chi connectivity index (χ4v) is 4.69. The summed E-state index contributed by atoms with van der Waals surface area (Å²) in [5.41, 5.74) is 9.90. The molecule has 0 atom stereocenters. The Morgan fingerprint density at radius 3 is 1.91 bits per heavy atom. The number of aryl methyl sites for hydroxylation is 1. The van der Waals surface area contributed by atoms with Crippen LogP contribution in [0.4, 0.5) is 0 Å². The molecule has 1 heterocycles. The number of aromatic nitrogens is 1. The van der Waals surface area contributed by atoms with Gasteiger partial charge in [0.2, 0.25) is 0 Å². The van der Waals surface area contributed by atoms with Gasteiger partial charge in [0, 0.05) is 22.0 Å². The minimum Gasteiger partial charge on any atom is -0.309 e. The van der Waals surface area contributed by atoms with Gasteiger partial charge in [-0.1, -0.05) is 103 Å². The van der Waals surface area contributed by atoms with Crippen molar-refractivity contribution in [1.29, 1.82) is 0 Å². The molecular formula is C31H23N. The Hall–Kier alpha value is -4.10. The van der Waals surface area contributed by atoms with Gasteiger partial charge in [-0.25, -0.2) is 0 Å². The number of para-hydroxylation sites is 1. The molecule has 32 heavy (non-hydrogen) atoms. The summed E-state index contributed by atoms with van der Waals surface area (Å²) < 4.78 is 2.42. The summed E-state index contributed by atoms with van der Waals surface area (Å²) in [5, 5.41) is 2.56. The van der Waals surface area contributed by atoms with Crippen molar-refractivity contribution in [2.75, 3.05) is 0 Å². The lowest BCUT2D eigenvalue weighted by atomic mass is 10.0. The molecule has 0 unspecified atom stereocenters. The van der Waals surface area contributed by atoms with Crippen LogP contribution in [0.2, 0.25) is 0 Å². The Labute approximate surface area is 188 Å². The highest BCUT2D eigenvalue weighted by molar-refractivity contribution is 6.14. The summed E-state index contributed by atoms with van der Waals surface area (Å²) in [6.07, 6.45) is 0. The molecule has 1 nitrogen and oxygen atoms in total. The highest BCUT2D eigenvalue weighted by Crippen LogP contribution is 2.39. The van der Waals surface area contributed by atoms with E-state index < -0.39 is 0 Å². The van der Waals surface area contributed by atoms with Gasteiger partial charge in [-0.05, 0) is 47.9 Å². The smallest absolute Gasteiger partial charge is 0.0619 e. The minimum atomic E-state index is 1.19. The number of benzene rings is 5. The third-order valence-corrected chi connectivity index (χ3v) is 6.27. The van der Waals surface area contributed by atoms with E-state index in [1.165, 1.54) is 55.3 Å². The number of nitrogens with zero attached hydrogens (tertiary/aromatic N) is 1. The van der Waals surface area contributed by atoms with Gasteiger partial charge >= 0.3 is 0 Å². The molecule has 0 bridgehead atoms. The van der Waals surface area contributed by atoms with E-state index in [4.69, 9.17) is 0 Å². The second kappa shape index (κ2) is 7.55. The summed E-state index contributed by atoms with van der Waals surface area (Å²) in [4.78, 5) is 0. The summed E-state index contributed by atoms with van der Waals surface area (Å²) in [6.45, 7) is 2.14. The molecule has 0 aliphatic carbocycles. The van der Waals surface area contributed by atoms with Crippen LogP contribution in [0.1, 0.15) is 5.56 Å². The van der Waals surface area contributed by atoms with Gasteiger partial charge in [0.05, 0.1) is 11.0 Å². The first-order valence-electron chi connectivity index (χ1n) is 11.0. The molecule has 0 fully saturated rings. The van der Waals surface area contributed by atoms with E-state index in [1.807, 2.05) is 0 Å². The molecule has 0 N–H and O–H groups in total. The van der Waals surface area contributed by atoms with Crippen LogP contribution in [0.3, 0.4) is 0 Å². The summed E-state index contributed by atoms with van der Waals surface area (Å²) in [6, 6.07) is 43.7. The maximum absolute atomic E-state index is 2.42. The average molecular weight is 410 g/mol. The number of hydrogen-bond acceptors (Lipinski definition) is 0. The molecule has 152 valence electrons. The van der Waals surface area contributed by atoms with Gasteiger partial charge in [-0.15, -0.1) is 0 Å². The Kier molecular flexibility index (Phi) is 4.40. The zero-order chi connectivity index (χ0) is 21.5. The Balaban J connectivity index is 1.73. The first-order chi connectivity index (χ1) is 15.8. The lowest BCUT2D eigenvalue weighted by Gasteiger charge is -2.12. The maximum Gasteiger partial charge on any atom is 0.0619 e. The van der Waals surface area contributed by atoms with Crippen molar-refractivity contribution in [2.24, 2.45) is 0 Å². The standard InChI is InChI=1S/C31H23N/c1-22-15-18-26(19-16-22)32-30-20-17-25(23-9-4-2-5-10-23)21-29(30)28-14-8-13-27(31(28)32)24-11-6-3-7-12-24/h2-21H,1H3. The maximum atomic E-state index is 2.42. The molecule has 6 rings (SSSR count). The largest absolute Gasteiger partial charge is 0.309 e.